The minimum atomic E-state index is -1.45. The van der Waals surface area contributed by atoms with Crippen molar-refractivity contribution in [3.8, 4) is 0 Å². The number of thiophene rings is 1. The third-order valence-electron chi connectivity index (χ3n) is 3.74. The molecule has 0 amide bonds. The Kier molecular flexibility index (Phi) is 4.54. The maximum atomic E-state index is 12.9. The van der Waals surface area contributed by atoms with Crippen molar-refractivity contribution < 1.29 is 19.4 Å². The Morgan fingerprint density at radius 2 is 1.88 bits per heavy atom. The van der Waals surface area contributed by atoms with Gasteiger partial charge < -0.3 is 9.84 Å². The molecule has 0 saturated carbocycles. The highest BCUT2D eigenvalue weighted by atomic mass is 32.1. The maximum Gasteiger partial charge on any atom is 0.348 e. The molecule has 2 aromatic heterocycles. The molecular formula is C16H20N2O5S. The summed E-state index contributed by atoms with van der Waals surface area (Å²) >= 11 is 1.08. The summed E-state index contributed by atoms with van der Waals surface area (Å²) in [6.07, 6.45) is -0.278. The molecule has 130 valence electrons. The smallest absolute Gasteiger partial charge is 0.348 e. The molecule has 0 atom stereocenters. The SMILES string of the molecule is Cc1c(C(=O)OC(C)C)sc2nc(C)n(C(C)(C)C(=O)O)c(=O)c12. The number of aryl methyl sites for hydroxylation is 2. The van der Waals surface area contributed by atoms with Gasteiger partial charge in [0.25, 0.3) is 5.56 Å². The van der Waals surface area contributed by atoms with E-state index < -0.39 is 23.0 Å². The van der Waals surface area contributed by atoms with E-state index in [1.54, 1.807) is 27.7 Å². The van der Waals surface area contributed by atoms with Gasteiger partial charge in [-0.3, -0.25) is 9.36 Å². The highest BCUT2D eigenvalue weighted by Crippen LogP contribution is 2.29. The van der Waals surface area contributed by atoms with Crippen LogP contribution in [0, 0.1) is 13.8 Å². The number of rotatable bonds is 4. The van der Waals surface area contributed by atoms with E-state index in [1.807, 2.05) is 0 Å². The zero-order chi connectivity index (χ0) is 18.4. The van der Waals surface area contributed by atoms with Crippen molar-refractivity contribution in [3.63, 3.8) is 0 Å². The van der Waals surface area contributed by atoms with E-state index in [2.05, 4.69) is 4.98 Å². The van der Waals surface area contributed by atoms with Gasteiger partial charge in [0.15, 0.2) is 0 Å². The van der Waals surface area contributed by atoms with Crippen LogP contribution in [0.1, 0.15) is 48.8 Å². The molecule has 0 aliphatic heterocycles. The number of hydrogen-bond acceptors (Lipinski definition) is 6. The topological polar surface area (TPSA) is 98.5 Å². The summed E-state index contributed by atoms with van der Waals surface area (Å²) in [5.74, 6) is -1.36. The van der Waals surface area contributed by atoms with Crippen LogP contribution in [0.25, 0.3) is 10.2 Å². The Morgan fingerprint density at radius 3 is 2.38 bits per heavy atom. The summed E-state index contributed by atoms with van der Waals surface area (Å²) in [4.78, 5) is 41.7. The molecule has 0 radical (unpaired) electrons. The number of carboxylic acid groups (broad SMARTS) is 1. The van der Waals surface area contributed by atoms with Gasteiger partial charge in [0.2, 0.25) is 0 Å². The molecule has 1 N–H and O–H groups in total. The second kappa shape index (κ2) is 6.01. The first-order valence-corrected chi connectivity index (χ1v) is 8.27. The number of carboxylic acids is 1. The molecule has 8 heteroatoms. The molecule has 2 rings (SSSR count). The van der Waals surface area contributed by atoms with Gasteiger partial charge in [-0.15, -0.1) is 11.3 Å². The summed E-state index contributed by atoms with van der Waals surface area (Å²) in [5.41, 5.74) is -1.45. The molecule has 0 bridgehead atoms. The molecule has 0 unspecified atom stereocenters. The van der Waals surface area contributed by atoms with Crippen molar-refractivity contribution in [2.24, 2.45) is 0 Å². The number of carbonyl (C=O) groups is 2. The van der Waals surface area contributed by atoms with E-state index in [9.17, 15) is 19.5 Å². The molecular weight excluding hydrogens is 332 g/mol. The number of hydrogen-bond donors (Lipinski definition) is 1. The Morgan fingerprint density at radius 1 is 1.29 bits per heavy atom. The van der Waals surface area contributed by atoms with Gasteiger partial charge in [-0.2, -0.15) is 0 Å². The molecule has 0 saturated heterocycles. The number of aromatic nitrogens is 2. The van der Waals surface area contributed by atoms with Crippen molar-refractivity contribution in [1.82, 2.24) is 9.55 Å². The van der Waals surface area contributed by atoms with Gasteiger partial charge >= 0.3 is 11.9 Å². The summed E-state index contributed by atoms with van der Waals surface area (Å²) in [7, 11) is 0. The summed E-state index contributed by atoms with van der Waals surface area (Å²) in [5, 5.41) is 9.68. The standard InChI is InChI=1S/C16H20N2O5S/c1-7(2)23-14(20)11-8(3)10-12(24-11)17-9(4)18(13(10)19)16(5,6)15(21)22/h7H,1-6H3,(H,21,22). The molecule has 2 heterocycles. The quantitative estimate of drug-likeness (QED) is 0.849. The first-order chi connectivity index (χ1) is 11.0. The number of nitrogens with zero attached hydrogens (tertiary/aromatic N) is 2. The van der Waals surface area contributed by atoms with Crippen molar-refractivity contribution in [3.05, 3.63) is 26.6 Å². The van der Waals surface area contributed by atoms with Crippen molar-refractivity contribution in [2.45, 2.75) is 53.2 Å². The second-order valence-corrected chi connectivity index (χ2v) is 7.35. The van der Waals surface area contributed by atoms with Crippen LogP contribution >= 0.6 is 11.3 Å². The molecule has 2 aromatic rings. The van der Waals surface area contributed by atoms with E-state index in [0.29, 0.717) is 15.3 Å². The fourth-order valence-corrected chi connectivity index (χ4v) is 3.60. The van der Waals surface area contributed by atoms with Crippen LogP contribution in [0.3, 0.4) is 0 Å². The van der Waals surface area contributed by atoms with Crippen molar-refractivity contribution >= 4 is 33.5 Å². The zero-order valence-electron chi connectivity index (χ0n) is 14.5. The van der Waals surface area contributed by atoms with Crippen molar-refractivity contribution in [2.75, 3.05) is 0 Å². The number of esters is 1. The van der Waals surface area contributed by atoms with Crippen molar-refractivity contribution in [1.29, 1.82) is 0 Å². The minimum Gasteiger partial charge on any atom is -0.480 e. The largest absolute Gasteiger partial charge is 0.480 e. The Labute approximate surface area is 142 Å². The van der Waals surface area contributed by atoms with E-state index in [4.69, 9.17) is 4.74 Å². The van der Waals surface area contributed by atoms with E-state index in [0.717, 1.165) is 15.9 Å². The van der Waals surface area contributed by atoms with Gasteiger partial charge in [0, 0.05) is 0 Å². The minimum absolute atomic E-state index is 0.260. The first kappa shape index (κ1) is 18.1. The third-order valence-corrected chi connectivity index (χ3v) is 4.91. The Bertz CT molecular complexity index is 892. The van der Waals surface area contributed by atoms with Gasteiger partial charge in [-0.05, 0) is 47.1 Å². The lowest BCUT2D eigenvalue weighted by molar-refractivity contribution is -0.145. The fraction of sp³-hybridized carbons (Fsp3) is 0.500. The molecule has 0 spiro atoms. The molecule has 7 nitrogen and oxygen atoms in total. The predicted molar refractivity (Wildman–Crippen MR) is 90.9 cm³/mol. The fourth-order valence-electron chi connectivity index (χ4n) is 2.50. The Balaban J connectivity index is 2.77. The molecule has 0 fully saturated rings. The van der Waals surface area contributed by atoms with Crippen LogP contribution < -0.4 is 5.56 Å². The third kappa shape index (κ3) is 2.82. The number of aliphatic carboxylic acids is 1. The van der Waals surface area contributed by atoms with E-state index in [-0.39, 0.29) is 17.3 Å². The van der Waals surface area contributed by atoms with Crippen LogP contribution in [-0.2, 0) is 15.1 Å². The average Bonchev–Trinajstić information content (AvgIpc) is 2.74. The van der Waals surface area contributed by atoms with Crippen LogP contribution in [0.5, 0.6) is 0 Å². The first-order valence-electron chi connectivity index (χ1n) is 7.46. The van der Waals surface area contributed by atoms with Crippen LogP contribution in [0.4, 0.5) is 0 Å². The lowest BCUT2D eigenvalue weighted by Crippen LogP contribution is -2.44. The number of carbonyl (C=O) groups excluding carboxylic acids is 1. The van der Waals surface area contributed by atoms with Crippen LogP contribution in [-0.4, -0.2) is 32.7 Å². The van der Waals surface area contributed by atoms with E-state index in [1.165, 1.54) is 13.8 Å². The number of ether oxygens (including phenoxy) is 1. The lowest BCUT2D eigenvalue weighted by Gasteiger charge is -2.24. The monoisotopic (exact) mass is 352 g/mol. The molecule has 0 aliphatic carbocycles. The summed E-state index contributed by atoms with van der Waals surface area (Å²) in [6.45, 7) is 9.58. The molecule has 24 heavy (non-hydrogen) atoms. The molecule has 0 aliphatic rings. The van der Waals surface area contributed by atoms with Gasteiger partial charge in [-0.1, -0.05) is 0 Å². The second-order valence-electron chi connectivity index (χ2n) is 6.35. The van der Waals surface area contributed by atoms with E-state index >= 15 is 0 Å². The number of fused-ring (bicyclic) bond motifs is 1. The van der Waals surface area contributed by atoms with Gasteiger partial charge in [0.05, 0.1) is 11.5 Å². The Hall–Kier alpha value is -2.22. The van der Waals surface area contributed by atoms with Crippen LogP contribution in [0.2, 0.25) is 0 Å². The normalized spacial score (nSPS) is 12.0. The highest BCUT2D eigenvalue weighted by Gasteiger charge is 2.34. The lowest BCUT2D eigenvalue weighted by atomic mass is 10.0. The van der Waals surface area contributed by atoms with Crippen LogP contribution in [0.15, 0.2) is 4.79 Å². The zero-order valence-corrected chi connectivity index (χ0v) is 15.3. The average molecular weight is 352 g/mol. The molecule has 0 aromatic carbocycles. The summed E-state index contributed by atoms with van der Waals surface area (Å²) < 4.78 is 6.34. The van der Waals surface area contributed by atoms with Gasteiger partial charge in [-0.25, -0.2) is 14.6 Å². The highest BCUT2D eigenvalue weighted by molar-refractivity contribution is 7.20. The predicted octanol–water partition coefficient (Wildman–Crippen LogP) is 2.46. The van der Waals surface area contributed by atoms with Gasteiger partial charge in [0.1, 0.15) is 21.1 Å². The summed E-state index contributed by atoms with van der Waals surface area (Å²) in [6, 6.07) is 0. The maximum absolute atomic E-state index is 12.9.